The lowest BCUT2D eigenvalue weighted by molar-refractivity contribution is -0.150. The van der Waals surface area contributed by atoms with E-state index in [0.717, 1.165) is 16.1 Å². The molecule has 1 fully saturated rings. The first kappa shape index (κ1) is 11.5. The fourth-order valence-electron chi connectivity index (χ4n) is 1.00. The minimum Gasteiger partial charge on any atom is -0.454 e. The molecule has 7 heteroatoms. The lowest BCUT2D eigenvalue weighted by Gasteiger charge is -2.15. The van der Waals surface area contributed by atoms with E-state index in [4.69, 9.17) is 4.18 Å². The van der Waals surface area contributed by atoms with Gasteiger partial charge in [0.25, 0.3) is 0 Å². The van der Waals surface area contributed by atoms with Crippen molar-refractivity contribution in [1.82, 2.24) is 0 Å². The first-order valence-corrected chi connectivity index (χ1v) is 6.77. The maximum atomic E-state index is 13.3. The molecule has 1 rings (SSSR count). The number of halogens is 2. The highest BCUT2D eigenvalue weighted by Gasteiger charge is 2.54. The Bertz CT molecular complexity index is 213. The monoisotopic (exact) mass is 322 g/mol. The maximum absolute atomic E-state index is 13.3. The van der Waals surface area contributed by atoms with Crippen LogP contribution in [0, 0.1) is 0 Å². The third kappa shape index (κ3) is 2.25. The summed E-state index contributed by atoms with van der Waals surface area (Å²) in [4.78, 5) is 10.9. The van der Waals surface area contributed by atoms with Gasteiger partial charge in [-0.25, -0.2) is 9.18 Å². The van der Waals surface area contributed by atoms with E-state index in [2.05, 4.69) is 4.74 Å². The molecule has 1 N–H and O–H groups in total. The molecule has 13 heavy (non-hydrogen) atoms. The zero-order valence-corrected chi connectivity index (χ0v) is 9.67. The predicted molar refractivity (Wildman–Crippen MR) is 53.0 cm³/mol. The second kappa shape index (κ2) is 4.28. The number of rotatable bonds is 3. The number of ether oxygens (including phenoxy) is 1. The molecule has 0 unspecified atom stereocenters. The summed E-state index contributed by atoms with van der Waals surface area (Å²) in [5.74, 6) is -1.04. The number of esters is 1. The van der Waals surface area contributed by atoms with Crippen LogP contribution in [0.4, 0.5) is 4.39 Å². The predicted octanol–water partition coefficient (Wildman–Crippen LogP) is 1.02. The molecular formula is C6H8FIO4S. The number of carbonyl (C=O) groups is 1. The van der Waals surface area contributed by atoms with Crippen LogP contribution in [0.15, 0.2) is 0 Å². The summed E-state index contributed by atoms with van der Waals surface area (Å²) in [7, 11) is 1.04. The Hall–Kier alpha value is 0.400. The molecule has 0 amide bonds. The Morgan fingerprint density at radius 1 is 1.92 bits per heavy atom. The number of hydrogen-bond donors (Lipinski definition) is 1. The van der Waals surface area contributed by atoms with Crippen molar-refractivity contribution in [2.24, 2.45) is 0 Å². The molecule has 0 aromatic heterocycles. The Morgan fingerprint density at radius 2 is 2.54 bits per heavy atom. The van der Waals surface area contributed by atoms with Crippen LogP contribution in [0.25, 0.3) is 0 Å². The van der Waals surface area contributed by atoms with E-state index < -0.39 is 23.8 Å². The highest BCUT2D eigenvalue weighted by Crippen LogP contribution is 2.30. The summed E-state index contributed by atoms with van der Waals surface area (Å²) in [6.45, 7) is 0.983. The summed E-state index contributed by atoms with van der Waals surface area (Å²) in [6, 6.07) is 0. The molecule has 1 heterocycles. The van der Waals surface area contributed by atoms with Crippen LogP contribution in [0.3, 0.4) is 0 Å². The summed E-state index contributed by atoms with van der Waals surface area (Å²) in [6.07, 6.45) is -2.37. The Kier molecular flexibility index (Phi) is 3.78. The molecule has 0 saturated carbocycles. The second-order valence-corrected chi connectivity index (χ2v) is 4.25. The van der Waals surface area contributed by atoms with Crippen molar-refractivity contribution in [3.05, 3.63) is 0 Å². The van der Waals surface area contributed by atoms with E-state index in [1.165, 1.54) is 0 Å². The number of alkyl halides is 1. The van der Waals surface area contributed by atoms with Gasteiger partial charge in [0.15, 0.2) is 6.10 Å². The van der Waals surface area contributed by atoms with Gasteiger partial charge in [-0.05, 0) is 6.92 Å². The molecule has 0 aliphatic carbocycles. The van der Waals surface area contributed by atoms with Crippen LogP contribution >= 0.6 is 30.4 Å². The average Bonchev–Trinajstić information content (AvgIpc) is 2.26. The number of carbonyl (C=O) groups excluding carboxylic acids is 1. The Morgan fingerprint density at radius 3 is 2.92 bits per heavy atom. The van der Waals surface area contributed by atoms with Crippen molar-refractivity contribution >= 4 is 36.4 Å². The largest absolute Gasteiger partial charge is 0.454 e. The van der Waals surface area contributed by atoms with E-state index in [1.54, 1.807) is 0 Å². The van der Waals surface area contributed by atoms with Crippen molar-refractivity contribution in [3.8, 4) is 0 Å². The standard InChI is InChI=1S/C6H8FIO4S/c1-6(7)4(9)3(2-11-13-8)12-5(6)10/h3-4,9H,2H2,1H3/t3-,4+,6+/m0/s1. The molecule has 76 valence electrons. The average molecular weight is 322 g/mol. The number of hydrogen-bond acceptors (Lipinski definition) is 5. The van der Waals surface area contributed by atoms with Crippen molar-refractivity contribution in [1.29, 1.82) is 0 Å². The van der Waals surface area contributed by atoms with E-state index in [9.17, 15) is 14.3 Å². The second-order valence-electron chi connectivity index (χ2n) is 2.81. The van der Waals surface area contributed by atoms with Crippen molar-refractivity contribution in [2.45, 2.75) is 24.8 Å². The molecule has 0 bridgehead atoms. The van der Waals surface area contributed by atoms with E-state index in [1.807, 2.05) is 21.2 Å². The minimum atomic E-state index is -2.32. The molecule has 3 atom stereocenters. The highest BCUT2D eigenvalue weighted by atomic mass is 127. The first-order valence-electron chi connectivity index (χ1n) is 3.48. The molecule has 0 spiro atoms. The number of cyclic esters (lactones) is 1. The summed E-state index contributed by atoms with van der Waals surface area (Å²) < 4.78 is 22.7. The minimum absolute atomic E-state index is 0.0139. The van der Waals surface area contributed by atoms with Crippen LogP contribution in [-0.4, -0.2) is 35.6 Å². The molecule has 0 radical (unpaired) electrons. The van der Waals surface area contributed by atoms with E-state index in [-0.39, 0.29) is 6.61 Å². The zero-order valence-electron chi connectivity index (χ0n) is 6.70. The van der Waals surface area contributed by atoms with Gasteiger partial charge in [0, 0.05) is 21.2 Å². The molecule has 1 saturated heterocycles. The van der Waals surface area contributed by atoms with Gasteiger partial charge in [0.1, 0.15) is 12.7 Å². The van der Waals surface area contributed by atoms with Crippen LogP contribution in [0.1, 0.15) is 6.92 Å². The van der Waals surface area contributed by atoms with E-state index >= 15 is 0 Å². The topological polar surface area (TPSA) is 55.8 Å². The fraction of sp³-hybridized carbons (Fsp3) is 0.833. The zero-order chi connectivity index (χ0) is 10.1. The third-order valence-electron chi connectivity index (χ3n) is 1.84. The van der Waals surface area contributed by atoms with Gasteiger partial charge in [0.2, 0.25) is 5.67 Å². The van der Waals surface area contributed by atoms with Gasteiger partial charge < -0.3 is 14.0 Å². The fourth-order valence-corrected chi connectivity index (χ4v) is 1.63. The molecule has 1 aliphatic rings. The van der Waals surface area contributed by atoms with Crippen molar-refractivity contribution in [3.63, 3.8) is 0 Å². The number of aliphatic hydroxyl groups excluding tert-OH is 1. The van der Waals surface area contributed by atoms with Gasteiger partial charge in [-0.3, -0.25) is 0 Å². The van der Waals surface area contributed by atoms with E-state index in [0.29, 0.717) is 0 Å². The van der Waals surface area contributed by atoms with Crippen LogP contribution in [-0.2, 0) is 13.7 Å². The molecule has 0 aromatic rings. The summed E-state index contributed by atoms with van der Waals surface area (Å²) >= 11 is 1.87. The summed E-state index contributed by atoms with van der Waals surface area (Å²) in [5, 5.41) is 9.30. The van der Waals surface area contributed by atoms with Gasteiger partial charge in [-0.15, -0.1) is 0 Å². The summed E-state index contributed by atoms with van der Waals surface area (Å²) in [5.41, 5.74) is -2.32. The lowest BCUT2D eigenvalue weighted by Crippen LogP contribution is -2.40. The van der Waals surface area contributed by atoms with Crippen molar-refractivity contribution in [2.75, 3.05) is 6.61 Å². The molecule has 1 aliphatic heterocycles. The van der Waals surface area contributed by atoms with Crippen LogP contribution in [0.5, 0.6) is 0 Å². The maximum Gasteiger partial charge on any atom is 0.346 e. The quantitative estimate of drug-likeness (QED) is 0.478. The molecule has 0 aromatic carbocycles. The van der Waals surface area contributed by atoms with Crippen molar-refractivity contribution < 1.29 is 23.2 Å². The van der Waals surface area contributed by atoms with Gasteiger partial charge in [0.05, 0.1) is 9.21 Å². The van der Waals surface area contributed by atoms with Gasteiger partial charge >= 0.3 is 5.97 Å². The Labute approximate surface area is 90.9 Å². The van der Waals surface area contributed by atoms with Gasteiger partial charge in [-0.1, -0.05) is 0 Å². The van der Waals surface area contributed by atoms with Gasteiger partial charge in [-0.2, -0.15) is 0 Å². The first-order chi connectivity index (χ1) is 6.00. The van der Waals surface area contributed by atoms with Crippen LogP contribution in [0.2, 0.25) is 0 Å². The molecular weight excluding hydrogens is 314 g/mol. The lowest BCUT2D eigenvalue weighted by atomic mass is 10.0. The normalized spacial score (nSPS) is 39.2. The smallest absolute Gasteiger partial charge is 0.346 e. The molecule has 4 nitrogen and oxygen atoms in total. The third-order valence-corrected chi connectivity index (χ3v) is 2.83. The SMILES string of the molecule is C[C@]1(F)C(=O)O[C@@H](COSI)[C@H]1O. The highest BCUT2D eigenvalue weighted by molar-refractivity contribution is 14.2. The van der Waals surface area contributed by atoms with Crippen LogP contribution < -0.4 is 0 Å². The number of aliphatic hydroxyl groups is 1. The Balaban J connectivity index is 2.57.